The van der Waals surface area contributed by atoms with Crippen LogP contribution in [0.25, 0.3) is 0 Å². The zero-order valence-electron chi connectivity index (χ0n) is 9.90. The van der Waals surface area contributed by atoms with Gasteiger partial charge in [0.1, 0.15) is 5.75 Å². The number of ether oxygens (including phenoxy) is 1. The summed E-state index contributed by atoms with van der Waals surface area (Å²) in [5.74, 6) is 0.346. The number of carbonyl (C=O) groups is 1. The molecule has 0 bridgehead atoms. The normalized spacial score (nSPS) is 12.1. The summed E-state index contributed by atoms with van der Waals surface area (Å²) < 4.78 is 5.23. The van der Waals surface area contributed by atoms with Crippen molar-refractivity contribution in [2.45, 2.75) is 33.1 Å². The van der Waals surface area contributed by atoms with Crippen LogP contribution in [0, 0.1) is 5.92 Å². The summed E-state index contributed by atoms with van der Waals surface area (Å²) in [6, 6.07) is 6.86. The van der Waals surface area contributed by atoms with E-state index in [0.29, 0.717) is 11.4 Å². The molecular formula is C13H19NO2. The minimum atomic E-state index is -0.168. The van der Waals surface area contributed by atoms with Crippen LogP contribution < -0.4 is 10.5 Å². The molecule has 1 aromatic carbocycles. The largest absolute Gasteiger partial charge is 0.426 e. The molecule has 1 rings (SSSR count). The van der Waals surface area contributed by atoms with Gasteiger partial charge in [-0.25, -0.2) is 0 Å². The van der Waals surface area contributed by atoms with Gasteiger partial charge in [0.05, 0.1) is 5.92 Å². The second-order valence-corrected chi connectivity index (χ2v) is 4.03. The summed E-state index contributed by atoms with van der Waals surface area (Å²) in [6.45, 7) is 4.01. The minimum absolute atomic E-state index is 0.0440. The first-order valence-corrected chi connectivity index (χ1v) is 5.70. The van der Waals surface area contributed by atoms with Crippen LogP contribution in [0.15, 0.2) is 24.3 Å². The molecule has 88 valence electrons. The van der Waals surface area contributed by atoms with E-state index in [2.05, 4.69) is 6.92 Å². The lowest BCUT2D eigenvalue weighted by Gasteiger charge is -2.10. The zero-order chi connectivity index (χ0) is 12.0. The Morgan fingerprint density at radius 3 is 2.56 bits per heavy atom. The van der Waals surface area contributed by atoms with Crippen LogP contribution in [0.3, 0.4) is 0 Å². The Labute approximate surface area is 96.6 Å². The van der Waals surface area contributed by atoms with Crippen LogP contribution in [0.5, 0.6) is 5.75 Å². The van der Waals surface area contributed by atoms with E-state index in [1.54, 1.807) is 24.3 Å². The molecule has 16 heavy (non-hydrogen) atoms. The number of unbranched alkanes of at least 4 members (excludes halogenated alkanes) is 1. The Kier molecular flexibility index (Phi) is 4.83. The number of nitrogen functional groups attached to an aromatic ring is 1. The van der Waals surface area contributed by atoms with Gasteiger partial charge < -0.3 is 10.5 Å². The molecule has 1 atom stereocenters. The van der Waals surface area contributed by atoms with Crippen LogP contribution in [0.2, 0.25) is 0 Å². The van der Waals surface area contributed by atoms with E-state index in [0.717, 1.165) is 19.3 Å². The van der Waals surface area contributed by atoms with Gasteiger partial charge in [-0.15, -0.1) is 0 Å². The van der Waals surface area contributed by atoms with E-state index in [1.165, 1.54) is 0 Å². The lowest BCUT2D eigenvalue weighted by Crippen LogP contribution is -2.17. The van der Waals surface area contributed by atoms with Gasteiger partial charge in [-0.05, 0) is 30.7 Å². The molecule has 1 aromatic rings. The maximum atomic E-state index is 11.6. The van der Waals surface area contributed by atoms with Crippen molar-refractivity contribution in [1.29, 1.82) is 0 Å². The SMILES string of the molecule is CCCCC(C)C(=O)Oc1ccc(N)cc1. The topological polar surface area (TPSA) is 52.3 Å². The fourth-order valence-electron chi connectivity index (χ4n) is 1.38. The quantitative estimate of drug-likeness (QED) is 0.472. The van der Waals surface area contributed by atoms with Crippen molar-refractivity contribution in [2.24, 2.45) is 5.92 Å². The standard InChI is InChI=1S/C13H19NO2/c1-3-4-5-10(2)13(15)16-12-8-6-11(14)7-9-12/h6-10H,3-5,14H2,1-2H3. The zero-order valence-corrected chi connectivity index (χ0v) is 9.90. The second kappa shape index (κ2) is 6.16. The highest BCUT2D eigenvalue weighted by atomic mass is 16.5. The molecule has 0 radical (unpaired) electrons. The van der Waals surface area contributed by atoms with Gasteiger partial charge in [-0.1, -0.05) is 26.7 Å². The lowest BCUT2D eigenvalue weighted by molar-refractivity contribution is -0.138. The highest BCUT2D eigenvalue weighted by Gasteiger charge is 2.14. The number of anilines is 1. The number of rotatable bonds is 5. The lowest BCUT2D eigenvalue weighted by atomic mass is 10.1. The Bertz CT molecular complexity index is 332. The van der Waals surface area contributed by atoms with Gasteiger partial charge in [0.25, 0.3) is 0 Å². The van der Waals surface area contributed by atoms with Crippen LogP contribution >= 0.6 is 0 Å². The summed E-state index contributed by atoms with van der Waals surface area (Å²) in [4.78, 5) is 11.6. The second-order valence-electron chi connectivity index (χ2n) is 4.03. The van der Waals surface area contributed by atoms with Gasteiger partial charge in [0.2, 0.25) is 0 Å². The fraction of sp³-hybridized carbons (Fsp3) is 0.462. The van der Waals surface area contributed by atoms with Crippen LogP contribution in [-0.2, 0) is 4.79 Å². The Morgan fingerprint density at radius 2 is 2.00 bits per heavy atom. The molecule has 0 aliphatic rings. The van der Waals surface area contributed by atoms with Gasteiger partial charge >= 0.3 is 5.97 Å². The third-order valence-electron chi connectivity index (χ3n) is 2.49. The number of nitrogens with two attached hydrogens (primary N) is 1. The predicted octanol–water partition coefficient (Wildman–Crippen LogP) is 3.00. The van der Waals surface area contributed by atoms with E-state index in [-0.39, 0.29) is 11.9 Å². The Hall–Kier alpha value is -1.51. The van der Waals surface area contributed by atoms with E-state index < -0.39 is 0 Å². The van der Waals surface area contributed by atoms with Crippen LogP contribution in [0.1, 0.15) is 33.1 Å². The molecular weight excluding hydrogens is 202 g/mol. The molecule has 3 nitrogen and oxygen atoms in total. The van der Waals surface area contributed by atoms with E-state index in [1.807, 2.05) is 6.92 Å². The molecule has 0 aliphatic carbocycles. The molecule has 0 fully saturated rings. The van der Waals surface area contributed by atoms with Crippen molar-refractivity contribution in [2.75, 3.05) is 5.73 Å². The molecule has 0 saturated heterocycles. The summed E-state index contributed by atoms with van der Waals surface area (Å²) in [7, 11) is 0. The van der Waals surface area contributed by atoms with Crippen molar-refractivity contribution < 1.29 is 9.53 Å². The third kappa shape index (κ3) is 3.93. The first-order chi connectivity index (χ1) is 7.63. The summed E-state index contributed by atoms with van der Waals surface area (Å²) in [5, 5.41) is 0. The van der Waals surface area contributed by atoms with Crippen molar-refractivity contribution in [3.05, 3.63) is 24.3 Å². The van der Waals surface area contributed by atoms with E-state index in [9.17, 15) is 4.79 Å². The van der Waals surface area contributed by atoms with Gasteiger partial charge in [0.15, 0.2) is 0 Å². The molecule has 0 saturated carbocycles. The van der Waals surface area contributed by atoms with Crippen molar-refractivity contribution in [3.8, 4) is 5.75 Å². The number of hydrogen-bond donors (Lipinski definition) is 1. The van der Waals surface area contributed by atoms with Crippen molar-refractivity contribution in [1.82, 2.24) is 0 Å². The summed E-state index contributed by atoms with van der Waals surface area (Å²) in [6.07, 6.45) is 3.03. The first kappa shape index (κ1) is 12.6. The first-order valence-electron chi connectivity index (χ1n) is 5.70. The Morgan fingerprint density at radius 1 is 1.38 bits per heavy atom. The monoisotopic (exact) mass is 221 g/mol. The molecule has 3 heteroatoms. The van der Waals surface area contributed by atoms with E-state index in [4.69, 9.17) is 10.5 Å². The van der Waals surface area contributed by atoms with Crippen molar-refractivity contribution in [3.63, 3.8) is 0 Å². The predicted molar refractivity (Wildman–Crippen MR) is 65.2 cm³/mol. The molecule has 2 N–H and O–H groups in total. The third-order valence-corrected chi connectivity index (χ3v) is 2.49. The average Bonchev–Trinajstić information content (AvgIpc) is 2.29. The van der Waals surface area contributed by atoms with Gasteiger partial charge in [0, 0.05) is 5.69 Å². The smallest absolute Gasteiger partial charge is 0.314 e. The molecule has 0 amide bonds. The van der Waals surface area contributed by atoms with Crippen molar-refractivity contribution >= 4 is 11.7 Å². The van der Waals surface area contributed by atoms with Crippen LogP contribution in [0.4, 0.5) is 5.69 Å². The highest BCUT2D eigenvalue weighted by molar-refractivity contribution is 5.74. The Balaban J connectivity index is 2.47. The van der Waals surface area contributed by atoms with E-state index >= 15 is 0 Å². The van der Waals surface area contributed by atoms with Crippen LogP contribution in [-0.4, -0.2) is 5.97 Å². The summed E-state index contributed by atoms with van der Waals surface area (Å²) >= 11 is 0. The number of benzene rings is 1. The molecule has 0 aromatic heterocycles. The molecule has 0 spiro atoms. The highest BCUT2D eigenvalue weighted by Crippen LogP contribution is 2.16. The number of hydrogen-bond acceptors (Lipinski definition) is 3. The number of esters is 1. The average molecular weight is 221 g/mol. The number of carbonyl (C=O) groups excluding carboxylic acids is 1. The van der Waals surface area contributed by atoms with Gasteiger partial charge in [-0.3, -0.25) is 4.79 Å². The van der Waals surface area contributed by atoms with Gasteiger partial charge in [-0.2, -0.15) is 0 Å². The molecule has 0 aliphatic heterocycles. The molecule has 0 heterocycles. The minimum Gasteiger partial charge on any atom is -0.426 e. The maximum Gasteiger partial charge on any atom is 0.314 e. The molecule has 1 unspecified atom stereocenters. The maximum absolute atomic E-state index is 11.6. The summed E-state index contributed by atoms with van der Waals surface area (Å²) in [5.41, 5.74) is 6.21. The fourth-order valence-corrected chi connectivity index (χ4v) is 1.38.